The zero-order chi connectivity index (χ0) is 15.4. The third-order valence-electron chi connectivity index (χ3n) is 3.01. The molecule has 0 spiro atoms. The Morgan fingerprint density at radius 3 is 2.76 bits per heavy atom. The van der Waals surface area contributed by atoms with Gasteiger partial charge in [-0.2, -0.15) is 5.26 Å². The number of hydrogen-bond acceptors (Lipinski definition) is 3. The molecule has 0 aliphatic rings. The summed E-state index contributed by atoms with van der Waals surface area (Å²) in [6.07, 6.45) is 0. The van der Waals surface area contributed by atoms with Gasteiger partial charge in [0.05, 0.1) is 17.2 Å². The van der Waals surface area contributed by atoms with Crippen LogP contribution < -0.4 is 4.74 Å². The molecular weight excluding hydrogens is 273 g/mol. The lowest BCUT2D eigenvalue weighted by Gasteiger charge is -2.11. The maximum absolute atomic E-state index is 13.2. The van der Waals surface area contributed by atoms with Crippen molar-refractivity contribution in [2.45, 2.75) is 13.5 Å². The molecule has 0 heterocycles. The Balaban J connectivity index is 2.24. The molecular formula is C16H12FNO3. The molecule has 0 radical (unpaired) electrons. The van der Waals surface area contributed by atoms with Gasteiger partial charge in [-0.25, -0.2) is 9.18 Å². The van der Waals surface area contributed by atoms with Crippen LogP contribution in [0.5, 0.6) is 5.75 Å². The highest BCUT2D eigenvalue weighted by Crippen LogP contribution is 2.22. The first kappa shape index (κ1) is 14.5. The Bertz CT molecular complexity index is 735. The molecule has 0 bridgehead atoms. The summed E-state index contributed by atoms with van der Waals surface area (Å²) in [5, 5.41) is 17.9. The fourth-order valence-electron chi connectivity index (χ4n) is 1.83. The summed E-state index contributed by atoms with van der Waals surface area (Å²) in [6.45, 7) is 1.77. The molecule has 2 rings (SSSR count). The fourth-order valence-corrected chi connectivity index (χ4v) is 1.83. The van der Waals surface area contributed by atoms with Crippen LogP contribution in [0.2, 0.25) is 0 Å². The number of rotatable bonds is 4. The second kappa shape index (κ2) is 6.06. The van der Waals surface area contributed by atoms with E-state index in [0.717, 1.165) is 5.56 Å². The van der Waals surface area contributed by atoms with Gasteiger partial charge >= 0.3 is 5.97 Å². The number of benzene rings is 2. The number of halogens is 1. The summed E-state index contributed by atoms with van der Waals surface area (Å²) in [7, 11) is 0. The third kappa shape index (κ3) is 3.37. The number of aryl methyl sites for hydroxylation is 1. The first-order valence-electron chi connectivity index (χ1n) is 6.16. The van der Waals surface area contributed by atoms with Crippen LogP contribution in [-0.4, -0.2) is 11.1 Å². The summed E-state index contributed by atoms with van der Waals surface area (Å²) in [4.78, 5) is 10.9. The number of ether oxygens (including phenoxy) is 1. The molecule has 0 unspecified atom stereocenters. The van der Waals surface area contributed by atoms with E-state index in [1.54, 1.807) is 13.0 Å². The number of hydrogen-bond donors (Lipinski definition) is 1. The van der Waals surface area contributed by atoms with Gasteiger partial charge in [0, 0.05) is 5.56 Å². The van der Waals surface area contributed by atoms with Gasteiger partial charge in [0.1, 0.15) is 18.2 Å². The minimum Gasteiger partial charge on any atom is -0.489 e. The van der Waals surface area contributed by atoms with Crippen LogP contribution in [0, 0.1) is 24.1 Å². The van der Waals surface area contributed by atoms with Crippen LogP contribution in [0.15, 0.2) is 36.4 Å². The lowest BCUT2D eigenvalue weighted by atomic mass is 10.1. The van der Waals surface area contributed by atoms with Gasteiger partial charge in [-0.15, -0.1) is 0 Å². The summed E-state index contributed by atoms with van der Waals surface area (Å²) in [6, 6.07) is 10.3. The smallest absolute Gasteiger partial charge is 0.335 e. The first-order chi connectivity index (χ1) is 10.0. The van der Waals surface area contributed by atoms with Crippen LogP contribution in [0.25, 0.3) is 0 Å². The van der Waals surface area contributed by atoms with E-state index in [1.807, 2.05) is 6.07 Å². The number of aromatic carboxylic acids is 1. The Morgan fingerprint density at radius 1 is 1.33 bits per heavy atom. The molecule has 4 nitrogen and oxygen atoms in total. The predicted octanol–water partition coefficient (Wildman–Crippen LogP) is 3.28. The van der Waals surface area contributed by atoms with Gasteiger partial charge < -0.3 is 9.84 Å². The first-order valence-corrected chi connectivity index (χ1v) is 6.16. The molecule has 0 saturated carbocycles. The van der Waals surface area contributed by atoms with Crippen molar-refractivity contribution in [3.63, 3.8) is 0 Å². The van der Waals surface area contributed by atoms with Gasteiger partial charge in [-0.3, -0.25) is 0 Å². The molecule has 0 amide bonds. The zero-order valence-electron chi connectivity index (χ0n) is 11.3. The van der Waals surface area contributed by atoms with E-state index < -0.39 is 11.8 Å². The quantitative estimate of drug-likeness (QED) is 0.935. The highest BCUT2D eigenvalue weighted by atomic mass is 19.1. The molecule has 5 heteroatoms. The fraction of sp³-hybridized carbons (Fsp3) is 0.125. The Hall–Kier alpha value is -2.87. The summed E-state index contributed by atoms with van der Waals surface area (Å²) in [5.41, 5.74) is 1.60. The second-order valence-electron chi connectivity index (χ2n) is 4.49. The normalized spacial score (nSPS) is 9.95. The van der Waals surface area contributed by atoms with Gasteiger partial charge in [-0.1, -0.05) is 6.07 Å². The molecule has 0 aliphatic carbocycles. The average molecular weight is 285 g/mol. The minimum absolute atomic E-state index is 0.00936. The van der Waals surface area contributed by atoms with Crippen molar-refractivity contribution in [1.82, 2.24) is 0 Å². The SMILES string of the molecule is Cc1ccc(C(=O)O)cc1OCc1cc(F)ccc1C#N. The van der Waals surface area contributed by atoms with Crippen molar-refractivity contribution in [1.29, 1.82) is 5.26 Å². The largest absolute Gasteiger partial charge is 0.489 e. The number of nitrogens with zero attached hydrogens (tertiary/aromatic N) is 1. The molecule has 21 heavy (non-hydrogen) atoms. The second-order valence-corrected chi connectivity index (χ2v) is 4.49. The van der Waals surface area contributed by atoms with E-state index in [4.69, 9.17) is 15.1 Å². The Morgan fingerprint density at radius 2 is 2.10 bits per heavy atom. The van der Waals surface area contributed by atoms with Crippen molar-refractivity contribution in [3.05, 3.63) is 64.5 Å². The standard InChI is InChI=1S/C16H12FNO3/c1-10-2-3-11(16(19)20)7-15(10)21-9-13-6-14(17)5-4-12(13)8-18/h2-7H,9H2,1H3,(H,19,20). The number of carbonyl (C=O) groups is 1. The molecule has 2 aromatic rings. The van der Waals surface area contributed by atoms with Crippen molar-refractivity contribution < 1.29 is 19.0 Å². The van der Waals surface area contributed by atoms with Crippen LogP contribution in [0.1, 0.15) is 27.0 Å². The van der Waals surface area contributed by atoms with Gasteiger partial charge in [0.15, 0.2) is 0 Å². The number of carboxylic acid groups (broad SMARTS) is 1. The summed E-state index contributed by atoms with van der Waals surface area (Å²) >= 11 is 0. The highest BCUT2D eigenvalue weighted by molar-refractivity contribution is 5.88. The van der Waals surface area contributed by atoms with Crippen LogP contribution in [-0.2, 0) is 6.61 Å². The maximum Gasteiger partial charge on any atom is 0.335 e. The lowest BCUT2D eigenvalue weighted by molar-refractivity contribution is 0.0696. The monoisotopic (exact) mass is 285 g/mol. The Labute approximate surface area is 121 Å². The number of carboxylic acids is 1. The molecule has 0 saturated heterocycles. The van der Waals surface area contributed by atoms with E-state index in [1.165, 1.54) is 30.3 Å². The molecule has 0 aliphatic heterocycles. The van der Waals surface area contributed by atoms with Crippen molar-refractivity contribution in [2.24, 2.45) is 0 Å². The molecule has 1 N–H and O–H groups in total. The van der Waals surface area contributed by atoms with E-state index in [9.17, 15) is 9.18 Å². The molecule has 2 aromatic carbocycles. The van der Waals surface area contributed by atoms with Crippen molar-refractivity contribution in [2.75, 3.05) is 0 Å². The topological polar surface area (TPSA) is 70.3 Å². The minimum atomic E-state index is -1.05. The molecule has 0 aromatic heterocycles. The molecule has 106 valence electrons. The summed E-state index contributed by atoms with van der Waals surface area (Å²) in [5.74, 6) is -1.12. The molecule has 0 atom stereocenters. The van der Waals surface area contributed by atoms with Crippen LogP contribution in [0.3, 0.4) is 0 Å². The zero-order valence-corrected chi connectivity index (χ0v) is 11.3. The third-order valence-corrected chi connectivity index (χ3v) is 3.01. The van der Waals surface area contributed by atoms with Crippen LogP contribution in [0.4, 0.5) is 4.39 Å². The van der Waals surface area contributed by atoms with E-state index in [-0.39, 0.29) is 12.2 Å². The highest BCUT2D eigenvalue weighted by Gasteiger charge is 2.09. The average Bonchev–Trinajstić information content (AvgIpc) is 2.46. The van der Waals surface area contributed by atoms with Crippen molar-refractivity contribution in [3.8, 4) is 11.8 Å². The Kier molecular flexibility index (Phi) is 4.19. The van der Waals surface area contributed by atoms with E-state index >= 15 is 0 Å². The predicted molar refractivity (Wildman–Crippen MR) is 73.6 cm³/mol. The van der Waals surface area contributed by atoms with Crippen LogP contribution >= 0.6 is 0 Å². The maximum atomic E-state index is 13.2. The van der Waals surface area contributed by atoms with Gasteiger partial charge in [0.2, 0.25) is 0 Å². The molecule has 0 fully saturated rings. The van der Waals surface area contributed by atoms with E-state index in [0.29, 0.717) is 16.9 Å². The summed E-state index contributed by atoms with van der Waals surface area (Å²) < 4.78 is 18.7. The van der Waals surface area contributed by atoms with Gasteiger partial charge in [0.25, 0.3) is 0 Å². The van der Waals surface area contributed by atoms with E-state index in [2.05, 4.69) is 0 Å². The van der Waals surface area contributed by atoms with Crippen molar-refractivity contribution >= 4 is 5.97 Å². The number of nitriles is 1. The van der Waals surface area contributed by atoms with Gasteiger partial charge in [-0.05, 0) is 42.8 Å². The lowest BCUT2D eigenvalue weighted by Crippen LogP contribution is -2.02.